The number of carbonyl (C=O) groups excluding carboxylic acids is 4. The minimum absolute atomic E-state index is 0.00317. The Kier molecular flexibility index (Phi) is 7.21. The molecule has 4 aliphatic rings. The van der Waals surface area contributed by atoms with Crippen molar-refractivity contribution in [3.63, 3.8) is 0 Å². The summed E-state index contributed by atoms with van der Waals surface area (Å²) in [4.78, 5) is 50.5. The average Bonchev–Trinajstić information content (AvgIpc) is 3.12. The number of rotatable bonds is 6. The van der Waals surface area contributed by atoms with Gasteiger partial charge in [0.2, 0.25) is 17.7 Å². The third-order valence-corrected chi connectivity index (χ3v) is 8.77. The Hall–Kier alpha value is -2.13. The molecule has 4 unspecified atom stereocenters. The van der Waals surface area contributed by atoms with Crippen LogP contribution in [0.15, 0.2) is 0 Å². The van der Waals surface area contributed by atoms with Crippen LogP contribution in [0.5, 0.6) is 0 Å². The highest BCUT2D eigenvalue weighted by atomic mass is 19.3. The number of hydrogen-bond acceptors (Lipinski definition) is 4. The van der Waals surface area contributed by atoms with Crippen LogP contribution in [0.3, 0.4) is 0 Å². The van der Waals surface area contributed by atoms with E-state index in [-0.39, 0.29) is 61.3 Å². The molecule has 4 fully saturated rings. The summed E-state index contributed by atoms with van der Waals surface area (Å²) in [7, 11) is 0. The van der Waals surface area contributed by atoms with E-state index in [1.807, 2.05) is 0 Å². The van der Waals surface area contributed by atoms with E-state index < -0.39 is 35.4 Å². The van der Waals surface area contributed by atoms with Crippen molar-refractivity contribution in [2.45, 2.75) is 89.3 Å². The minimum atomic E-state index is -3.49. The summed E-state index contributed by atoms with van der Waals surface area (Å²) in [6.45, 7) is 3.47. The van der Waals surface area contributed by atoms with Crippen molar-refractivity contribution < 1.29 is 32.3 Å². The maximum absolute atomic E-state index is 14.8. The normalized spacial score (nSPS) is 34.4. The van der Waals surface area contributed by atoms with E-state index in [9.17, 15) is 32.3 Å². The van der Waals surface area contributed by atoms with E-state index in [0.29, 0.717) is 45.1 Å². The van der Waals surface area contributed by atoms with E-state index in [2.05, 4.69) is 10.6 Å². The SMILES string of the molecule is CC(C)(F)C1CCC(C(F)(F)C(=O)NCC2CCC3C(=O)N(C4CCC(=O)NC4=O)CC3C2)CC1. The van der Waals surface area contributed by atoms with Gasteiger partial charge in [-0.2, -0.15) is 8.78 Å². The van der Waals surface area contributed by atoms with Gasteiger partial charge >= 0.3 is 5.92 Å². The van der Waals surface area contributed by atoms with E-state index in [1.54, 1.807) is 4.90 Å². The van der Waals surface area contributed by atoms with Crippen LogP contribution in [0.4, 0.5) is 13.2 Å². The maximum atomic E-state index is 14.8. The average molecular weight is 500 g/mol. The predicted octanol–water partition coefficient (Wildman–Crippen LogP) is 2.97. The molecule has 2 aliphatic carbocycles. The van der Waals surface area contributed by atoms with Crippen LogP contribution >= 0.6 is 0 Å². The summed E-state index contributed by atoms with van der Waals surface area (Å²) in [5.74, 6) is -7.17. The number of nitrogens with zero attached hydrogens (tertiary/aromatic N) is 1. The molecule has 0 aromatic heterocycles. The molecule has 196 valence electrons. The second-order valence-electron chi connectivity index (χ2n) is 11.4. The summed E-state index contributed by atoms with van der Waals surface area (Å²) in [5.41, 5.74) is -1.41. The summed E-state index contributed by atoms with van der Waals surface area (Å²) < 4.78 is 43.8. The predicted molar refractivity (Wildman–Crippen MR) is 121 cm³/mol. The Balaban J connectivity index is 1.27. The highest BCUT2D eigenvalue weighted by Gasteiger charge is 2.51. The number of hydrogen-bond donors (Lipinski definition) is 2. The molecule has 10 heteroatoms. The Morgan fingerprint density at radius 3 is 2.29 bits per heavy atom. The number of piperidine rings is 1. The number of fused-ring (bicyclic) bond motifs is 1. The monoisotopic (exact) mass is 499 g/mol. The van der Waals surface area contributed by atoms with E-state index in [1.165, 1.54) is 13.8 Å². The Morgan fingerprint density at radius 2 is 1.66 bits per heavy atom. The Labute approximate surface area is 203 Å². The first kappa shape index (κ1) is 25.9. The van der Waals surface area contributed by atoms with Crippen LogP contribution in [-0.2, 0) is 19.2 Å². The van der Waals surface area contributed by atoms with Gasteiger partial charge in [-0.25, -0.2) is 4.39 Å². The van der Waals surface area contributed by atoms with E-state index >= 15 is 0 Å². The molecule has 2 saturated carbocycles. The molecular weight excluding hydrogens is 463 g/mol. The van der Waals surface area contributed by atoms with E-state index in [0.717, 1.165) is 0 Å². The maximum Gasteiger partial charge on any atom is 0.327 e. The summed E-state index contributed by atoms with van der Waals surface area (Å²) >= 11 is 0. The molecule has 35 heavy (non-hydrogen) atoms. The van der Waals surface area contributed by atoms with Gasteiger partial charge in [-0.05, 0) is 83.0 Å². The molecule has 4 atom stereocenters. The number of likely N-dealkylation sites (tertiary alicyclic amines) is 1. The van der Waals surface area contributed by atoms with Crippen LogP contribution in [0.25, 0.3) is 0 Å². The molecule has 2 aliphatic heterocycles. The van der Waals surface area contributed by atoms with Crippen molar-refractivity contribution in [2.75, 3.05) is 13.1 Å². The number of amides is 4. The second kappa shape index (κ2) is 9.73. The first-order chi connectivity index (χ1) is 16.4. The molecule has 4 rings (SSSR count). The fourth-order valence-electron chi connectivity index (χ4n) is 6.57. The molecule has 4 amide bonds. The smallest absolute Gasteiger partial charge is 0.327 e. The largest absolute Gasteiger partial charge is 0.351 e. The van der Waals surface area contributed by atoms with E-state index in [4.69, 9.17) is 0 Å². The van der Waals surface area contributed by atoms with Crippen LogP contribution in [-0.4, -0.2) is 59.3 Å². The van der Waals surface area contributed by atoms with Gasteiger partial charge in [-0.3, -0.25) is 24.5 Å². The zero-order valence-electron chi connectivity index (χ0n) is 20.5. The molecule has 0 aromatic rings. The van der Waals surface area contributed by atoms with Gasteiger partial charge in [-0.1, -0.05) is 0 Å². The molecule has 7 nitrogen and oxygen atoms in total. The third kappa shape index (κ3) is 5.35. The molecule has 0 spiro atoms. The van der Waals surface area contributed by atoms with Crippen molar-refractivity contribution in [2.24, 2.45) is 29.6 Å². The number of alkyl halides is 3. The van der Waals surface area contributed by atoms with Crippen LogP contribution in [0.2, 0.25) is 0 Å². The number of halogens is 3. The van der Waals surface area contributed by atoms with Crippen LogP contribution < -0.4 is 10.6 Å². The van der Waals surface area contributed by atoms with Crippen molar-refractivity contribution in [1.82, 2.24) is 15.5 Å². The Morgan fingerprint density at radius 1 is 1.00 bits per heavy atom. The molecule has 2 N–H and O–H groups in total. The van der Waals surface area contributed by atoms with Gasteiger partial charge in [0.05, 0.1) is 0 Å². The van der Waals surface area contributed by atoms with Crippen LogP contribution in [0.1, 0.15) is 71.6 Å². The quantitative estimate of drug-likeness (QED) is 0.550. The number of imide groups is 1. The van der Waals surface area contributed by atoms with Gasteiger partial charge in [0, 0.05) is 31.3 Å². The second-order valence-corrected chi connectivity index (χ2v) is 11.4. The lowest BCUT2D eigenvalue weighted by Crippen LogP contribution is -2.53. The van der Waals surface area contributed by atoms with Crippen molar-refractivity contribution in [3.8, 4) is 0 Å². The lowest BCUT2D eigenvalue weighted by Gasteiger charge is -2.37. The first-order valence-corrected chi connectivity index (χ1v) is 12.9. The third-order valence-electron chi connectivity index (χ3n) is 8.77. The first-order valence-electron chi connectivity index (χ1n) is 12.9. The molecular formula is C25H36F3N3O4. The zero-order chi connectivity index (χ0) is 25.5. The summed E-state index contributed by atoms with van der Waals surface area (Å²) in [5, 5.41) is 4.74. The summed E-state index contributed by atoms with van der Waals surface area (Å²) in [6, 6.07) is -0.638. The fourth-order valence-corrected chi connectivity index (χ4v) is 6.57. The molecule has 2 saturated heterocycles. The van der Waals surface area contributed by atoms with Crippen LogP contribution in [0, 0.1) is 29.6 Å². The molecule has 0 radical (unpaired) electrons. The molecule has 2 heterocycles. The Bertz CT molecular complexity index is 867. The standard InChI is InChI=1S/C25H36F3N3O4/c1-24(2,26)16-4-6-17(7-5-16)25(27,28)23(35)29-12-14-3-8-18-15(11-14)13-31(22(18)34)19-9-10-20(32)30-21(19)33/h14-19H,3-13H2,1-2H3,(H,29,35)(H,30,32,33). The minimum Gasteiger partial charge on any atom is -0.351 e. The van der Waals surface area contributed by atoms with Gasteiger partial charge < -0.3 is 10.2 Å². The molecule has 0 aromatic carbocycles. The van der Waals surface area contributed by atoms with Gasteiger partial charge in [0.1, 0.15) is 11.7 Å². The van der Waals surface area contributed by atoms with Crippen molar-refractivity contribution in [3.05, 3.63) is 0 Å². The van der Waals surface area contributed by atoms with Crippen molar-refractivity contribution >= 4 is 23.6 Å². The van der Waals surface area contributed by atoms with Gasteiger partial charge in [0.15, 0.2) is 0 Å². The van der Waals surface area contributed by atoms with Crippen molar-refractivity contribution in [1.29, 1.82) is 0 Å². The zero-order valence-corrected chi connectivity index (χ0v) is 20.5. The number of nitrogens with one attached hydrogen (secondary N) is 2. The lowest BCUT2D eigenvalue weighted by atomic mass is 9.73. The molecule has 0 bridgehead atoms. The highest BCUT2D eigenvalue weighted by Crippen LogP contribution is 2.44. The number of carbonyl (C=O) groups is 4. The lowest BCUT2D eigenvalue weighted by molar-refractivity contribution is -0.157. The fraction of sp³-hybridized carbons (Fsp3) is 0.840. The van der Waals surface area contributed by atoms with Gasteiger partial charge in [-0.15, -0.1) is 0 Å². The topological polar surface area (TPSA) is 95.6 Å². The highest BCUT2D eigenvalue weighted by molar-refractivity contribution is 6.02. The summed E-state index contributed by atoms with van der Waals surface area (Å²) in [6.07, 6.45) is 3.31. The van der Waals surface area contributed by atoms with Gasteiger partial charge in [0.25, 0.3) is 5.91 Å².